The smallest absolute Gasteiger partial charge is 0.121 e. The van der Waals surface area contributed by atoms with Crippen molar-refractivity contribution in [2.75, 3.05) is 0 Å². The summed E-state index contributed by atoms with van der Waals surface area (Å²) in [5.74, 6) is -0.251. The number of hydrogen-bond donors (Lipinski definition) is 0. The molecule has 0 aliphatic heterocycles. The largest absolute Gasteiger partial charge is 0.207 e. The molecule has 0 aliphatic rings. The minimum Gasteiger partial charge on any atom is -0.207 e. The third-order valence-corrected chi connectivity index (χ3v) is 3.75. The molecule has 120 valence electrons. The van der Waals surface area contributed by atoms with Crippen molar-refractivity contribution in [2.24, 2.45) is 0 Å². The van der Waals surface area contributed by atoms with Crippen molar-refractivity contribution in [1.29, 1.82) is 0 Å². The van der Waals surface area contributed by atoms with Gasteiger partial charge < -0.3 is 0 Å². The fourth-order valence-electron chi connectivity index (χ4n) is 1.77. The van der Waals surface area contributed by atoms with Crippen LogP contribution in [0.25, 0.3) is 0 Å². The van der Waals surface area contributed by atoms with Gasteiger partial charge in [0, 0.05) is 5.03 Å². The third-order valence-electron chi connectivity index (χ3n) is 3.41. The first kappa shape index (κ1) is 20.4. The van der Waals surface area contributed by atoms with Crippen LogP contribution in [0.15, 0.2) is 82.3 Å². The van der Waals surface area contributed by atoms with Gasteiger partial charge in [-0.2, -0.15) is 0 Å². The van der Waals surface area contributed by atoms with Crippen LogP contribution in [-0.4, -0.2) is 0 Å². The van der Waals surface area contributed by atoms with Crippen LogP contribution in [0, 0.1) is 0 Å². The fourth-order valence-corrected chi connectivity index (χ4v) is 1.83. The molecule has 0 fully saturated rings. The summed E-state index contributed by atoms with van der Waals surface area (Å²) in [5, 5.41) is 0.659. The number of hydrogen-bond acceptors (Lipinski definition) is 0. The zero-order valence-electron chi connectivity index (χ0n) is 14.3. The molecule has 0 heterocycles. The molecule has 0 bridgehead atoms. The molecule has 0 amide bonds. The highest BCUT2D eigenvalue weighted by atomic mass is 35.5. The molecule has 0 rings (SSSR count). The summed E-state index contributed by atoms with van der Waals surface area (Å²) in [6.45, 7) is 17.5. The van der Waals surface area contributed by atoms with Crippen molar-refractivity contribution in [3.05, 3.63) is 82.3 Å². The van der Waals surface area contributed by atoms with E-state index in [9.17, 15) is 4.39 Å². The van der Waals surface area contributed by atoms with E-state index < -0.39 is 0 Å². The molecule has 0 saturated heterocycles. The number of allylic oxidation sites excluding steroid dienone is 12. The molecule has 0 saturated carbocycles. The molecule has 0 N–H and O–H groups in total. The van der Waals surface area contributed by atoms with E-state index in [2.05, 4.69) is 20.1 Å². The molecule has 0 radical (unpaired) electrons. The summed E-state index contributed by atoms with van der Waals surface area (Å²) in [7, 11) is 0. The molecule has 0 spiro atoms. The molecule has 0 unspecified atom stereocenters. The van der Waals surface area contributed by atoms with Crippen LogP contribution in [0.5, 0.6) is 0 Å². The highest BCUT2D eigenvalue weighted by Gasteiger charge is 2.07. The molecule has 22 heavy (non-hydrogen) atoms. The molecule has 0 aliphatic carbocycles. The topological polar surface area (TPSA) is 0 Å². The summed E-state index contributed by atoms with van der Waals surface area (Å²) in [6, 6.07) is 0. The van der Waals surface area contributed by atoms with Crippen molar-refractivity contribution in [3.8, 4) is 0 Å². The minimum atomic E-state index is -0.251. The summed E-state index contributed by atoms with van der Waals surface area (Å²) in [6.07, 6.45) is 9.63. The maximum absolute atomic E-state index is 13.5. The van der Waals surface area contributed by atoms with Crippen LogP contribution in [0.4, 0.5) is 4.39 Å². The lowest BCUT2D eigenvalue weighted by Gasteiger charge is -2.12. The van der Waals surface area contributed by atoms with E-state index in [0.717, 1.165) is 17.6 Å². The first-order valence-electron chi connectivity index (χ1n) is 7.37. The van der Waals surface area contributed by atoms with Crippen molar-refractivity contribution in [1.82, 2.24) is 0 Å². The predicted octanol–water partition coefficient (Wildman–Crippen LogP) is 7.34. The molecule has 0 nitrogen and oxygen atoms in total. The molecule has 0 aromatic carbocycles. The quantitative estimate of drug-likeness (QED) is 0.430. The van der Waals surface area contributed by atoms with Crippen LogP contribution >= 0.6 is 11.6 Å². The van der Waals surface area contributed by atoms with E-state index in [-0.39, 0.29) is 5.83 Å². The number of halogens is 2. The first-order chi connectivity index (χ1) is 10.3. The molecular formula is C20H26ClF. The highest BCUT2D eigenvalue weighted by molar-refractivity contribution is 6.31. The second-order valence-corrected chi connectivity index (χ2v) is 5.46. The maximum Gasteiger partial charge on any atom is 0.121 e. The molecular weight excluding hydrogens is 295 g/mol. The fraction of sp³-hybridized carbons (Fsp3) is 0.300. The first-order valence-corrected chi connectivity index (χ1v) is 7.74. The summed E-state index contributed by atoms with van der Waals surface area (Å²) in [5.41, 5.74) is 4.17. The Morgan fingerprint density at radius 2 is 1.68 bits per heavy atom. The Morgan fingerprint density at radius 3 is 2.14 bits per heavy atom. The van der Waals surface area contributed by atoms with E-state index >= 15 is 0 Å². The molecule has 0 aromatic heterocycles. The van der Waals surface area contributed by atoms with Crippen molar-refractivity contribution >= 4 is 11.6 Å². The summed E-state index contributed by atoms with van der Waals surface area (Å²) in [4.78, 5) is 0. The predicted molar refractivity (Wildman–Crippen MR) is 98.6 cm³/mol. The lowest BCUT2D eigenvalue weighted by molar-refractivity contribution is 0.649. The zero-order valence-corrected chi connectivity index (χ0v) is 15.0. The van der Waals surface area contributed by atoms with Gasteiger partial charge in [0.2, 0.25) is 0 Å². The van der Waals surface area contributed by atoms with Crippen molar-refractivity contribution in [2.45, 2.75) is 41.0 Å². The van der Waals surface area contributed by atoms with Gasteiger partial charge in [-0.25, -0.2) is 4.39 Å². The van der Waals surface area contributed by atoms with Gasteiger partial charge in [-0.3, -0.25) is 0 Å². The average Bonchev–Trinajstić information content (AvgIpc) is 2.52. The Bertz CT molecular complexity index is 581. The zero-order chi connectivity index (χ0) is 17.3. The maximum atomic E-state index is 13.5. The lowest BCUT2D eigenvalue weighted by atomic mass is 9.93. The Morgan fingerprint density at radius 1 is 1.09 bits per heavy atom. The van der Waals surface area contributed by atoms with Gasteiger partial charge in [0.15, 0.2) is 0 Å². The Labute approximate surface area is 139 Å². The van der Waals surface area contributed by atoms with Crippen molar-refractivity contribution < 1.29 is 4.39 Å². The number of rotatable bonds is 7. The second-order valence-electron chi connectivity index (χ2n) is 5.02. The van der Waals surface area contributed by atoms with E-state index in [1.165, 1.54) is 11.6 Å². The standard InChI is InChI=1S/C20H26ClF/c1-8-14(4)19(12-11-18(21)9-2)17(7)15(5)13-16(6)20(22)10-3/h9-13H,5,7-8H2,1-4,6H3/b12-11-,16-13-,18-9+,19-14-,20-10+. The Hall–Kier alpha value is -1.60. The summed E-state index contributed by atoms with van der Waals surface area (Å²) < 4.78 is 13.5. The van der Waals surface area contributed by atoms with Crippen LogP contribution in [0.1, 0.15) is 41.0 Å². The van der Waals surface area contributed by atoms with Crippen LogP contribution in [0.2, 0.25) is 0 Å². The van der Waals surface area contributed by atoms with E-state index in [1.807, 2.05) is 32.1 Å². The van der Waals surface area contributed by atoms with E-state index in [1.54, 1.807) is 19.9 Å². The van der Waals surface area contributed by atoms with Gasteiger partial charge in [0.25, 0.3) is 0 Å². The summed E-state index contributed by atoms with van der Waals surface area (Å²) >= 11 is 6.02. The Kier molecular flexibility index (Phi) is 9.44. The Balaban J connectivity index is 5.59. The molecule has 0 aromatic rings. The highest BCUT2D eigenvalue weighted by Crippen LogP contribution is 2.26. The normalized spacial score (nSPS) is 15.1. The average molecular weight is 321 g/mol. The van der Waals surface area contributed by atoms with Gasteiger partial charge in [0.1, 0.15) is 5.83 Å². The van der Waals surface area contributed by atoms with Crippen LogP contribution in [-0.2, 0) is 0 Å². The third kappa shape index (κ3) is 6.44. The van der Waals surface area contributed by atoms with Gasteiger partial charge in [-0.1, -0.05) is 55.5 Å². The van der Waals surface area contributed by atoms with E-state index in [0.29, 0.717) is 16.2 Å². The van der Waals surface area contributed by atoms with Crippen LogP contribution in [0.3, 0.4) is 0 Å². The van der Waals surface area contributed by atoms with Crippen LogP contribution < -0.4 is 0 Å². The van der Waals surface area contributed by atoms with Crippen molar-refractivity contribution in [3.63, 3.8) is 0 Å². The van der Waals surface area contributed by atoms with Gasteiger partial charge >= 0.3 is 0 Å². The lowest BCUT2D eigenvalue weighted by Crippen LogP contribution is -1.93. The minimum absolute atomic E-state index is 0.251. The molecule has 2 heteroatoms. The SMILES string of the molecule is C=C(/C=C(C)\C(F)=C/C)C(=C)C(/C=C\C(Cl)=C/C)=C(/C)CC. The van der Waals surface area contributed by atoms with Gasteiger partial charge in [-0.15, -0.1) is 0 Å². The second kappa shape index (κ2) is 10.2. The van der Waals surface area contributed by atoms with Gasteiger partial charge in [0.05, 0.1) is 0 Å². The monoisotopic (exact) mass is 320 g/mol. The van der Waals surface area contributed by atoms with Gasteiger partial charge in [-0.05, 0) is 68.6 Å². The van der Waals surface area contributed by atoms with E-state index in [4.69, 9.17) is 11.6 Å². The molecule has 0 atom stereocenters.